The predicted octanol–water partition coefficient (Wildman–Crippen LogP) is 4.86. The van der Waals surface area contributed by atoms with Crippen LogP contribution in [0, 0.1) is 5.82 Å². The Morgan fingerprint density at radius 2 is 1.59 bits per heavy atom. The van der Waals surface area contributed by atoms with Crippen LogP contribution in [0.2, 0.25) is 0 Å². The molecular formula is C27H29FN2O4. The molecule has 4 rings (SSSR count). The average molecular weight is 465 g/mol. The predicted molar refractivity (Wildman–Crippen MR) is 129 cm³/mol. The van der Waals surface area contributed by atoms with E-state index in [1.165, 1.54) is 12.1 Å². The molecule has 7 heteroatoms. The molecule has 3 aromatic rings. The molecule has 6 nitrogen and oxygen atoms in total. The Bertz CT molecular complexity index is 1110. The van der Waals surface area contributed by atoms with Crippen molar-refractivity contribution in [2.45, 2.75) is 25.4 Å². The van der Waals surface area contributed by atoms with Gasteiger partial charge in [-0.1, -0.05) is 6.07 Å². The van der Waals surface area contributed by atoms with Gasteiger partial charge in [-0.15, -0.1) is 0 Å². The number of hydrogen-bond donors (Lipinski definition) is 1. The fourth-order valence-corrected chi connectivity index (χ4v) is 4.35. The second-order valence-electron chi connectivity index (χ2n) is 8.38. The Balaban J connectivity index is 1.50. The van der Waals surface area contributed by atoms with Gasteiger partial charge in [0.25, 0.3) is 5.91 Å². The number of carbonyl (C=O) groups excluding carboxylic acids is 1. The summed E-state index contributed by atoms with van der Waals surface area (Å²) in [5.74, 6) is 1.05. The molecular weight excluding hydrogens is 435 g/mol. The van der Waals surface area contributed by atoms with Crippen molar-refractivity contribution in [1.29, 1.82) is 0 Å². The number of likely N-dealkylation sites (tertiary alicyclic amines) is 1. The Morgan fingerprint density at radius 1 is 0.971 bits per heavy atom. The van der Waals surface area contributed by atoms with Crippen molar-refractivity contribution in [1.82, 2.24) is 4.90 Å². The number of amides is 1. The SMILES string of the molecule is COc1ccc(C(=O)N(c2ccc(F)cc2)C2CCN(Cc3ccc(OC)cc3O)CC2)cc1. The molecule has 0 radical (unpaired) electrons. The molecule has 1 aliphatic heterocycles. The molecule has 0 aromatic heterocycles. The Hall–Kier alpha value is -3.58. The van der Waals surface area contributed by atoms with E-state index in [1.54, 1.807) is 61.6 Å². The monoisotopic (exact) mass is 464 g/mol. The van der Waals surface area contributed by atoms with Gasteiger partial charge in [-0.2, -0.15) is 0 Å². The van der Waals surface area contributed by atoms with Crippen molar-refractivity contribution in [3.05, 3.63) is 83.7 Å². The average Bonchev–Trinajstić information content (AvgIpc) is 2.87. The molecule has 1 heterocycles. The van der Waals surface area contributed by atoms with E-state index in [-0.39, 0.29) is 23.5 Å². The Kier molecular flexibility index (Phi) is 7.33. The number of nitrogens with zero attached hydrogens (tertiary/aromatic N) is 2. The van der Waals surface area contributed by atoms with Crippen molar-refractivity contribution in [2.75, 3.05) is 32.2 Å². The van der Waals surface area contributed by atoms with Gasteiger partial charge in [0.15, 0.2) is 0 Å². The number of aromatic hydroxyl groups is 1. The summed E-state index contributed by atoms with van der Waals surface area (Å²) in [5, 5.41) is 10.3. The lowest BCUT2D eigenvalue weighted by Crippen LogP contribution is -2.47. The maximum atomic E-state index is 13.6. The zero-order chi connectivity index (χ0) is 24.1. The lowest BCUT2D eigenvalue weighted by molar-refractivity contribution is 0.0958. The Morgan fingerprint density at radius 3 is 2.18 bits per heavy atom. The number of halogens is 1. The number of hydrogen-bond acceptors (Lipinski definition) is 5. The molecule has 1 N–H and O–H groups in total. The number of ether oxygens (including phenoxy) is 2. The molecule has 178 valence electrons. The number of phenolic OH excluding ortho intramolecular Hbond substituents is 1. The van der Waals surface area contributed by atoms with Gasteiger partial charge in [-0.25, -0.2) is 4.39 Å². The summed E-state index contributed by atoms with van der Waals surface area (Å²) < 4.78 is 24.0. The van der Waals surface area contributed by atoms with Crippen LogP contribution in [0.4, 0.5) is 10.1 Å². The number of rotatable bonds is 7. The zero-order valence-electron chi connectivity index (χ0n) is 19.4. The van der Waals surface area contributed by atoms with Gasteiger partial charge in [-0.3, -0.25) is 9.69 Å². The minimum Gasteiger partial charge on any atom is -0.507 e. The summed E-state index contributed by atoms with van der Waals surface area (Å²) in [6.45, 7) is 2.15. The normalized spacial score (nSPS) is 14.6. The fraction of sp³-hybridized carbons (Fsp3) is 0.296. The first-order chi connectivity index (χ1) is 16.5. The van der Waals surface area contributed by atoms with Crippen molar-refractivity contribution >= 4 is 11.6 Å². The molecule has 34 heavy (non-hydrogen) atoms. The summed E-state index contributed by atoms with van der Waals surface area (Å²) in [4.78, 5) is 17.6. The molecule has 1 saturated heterocycles. The third-order valence-electron chi connectivity index (χ3n) is 6.27. The highest BCUT2D eigenvalue weighted by molar-refractivity contribution is 6.06. The van der Waals surface area contributed by atoms with E-state index in [1.807, 2.05) is 12.1 Å². The van der Waals surface area contributed by atoms with Gasteiger partial charge in [0.1, 0.15) is 23.1 Å². The number of carbonyl (C=O) groups is 1. The highest BCUT2D eigenvalue weighted by Crippen LogP contribution is 2.29. The molecule has 0 bridgehead atoms. The number of piperidine rings is 1. The molecule has 1 aliphatic rings. The number of benzene rings is 3. The van der Waals surface area contributed by atoms with E-state index in [0.717, 1.165) is 31.5 Å². The standard InChI is InChI=1S/C27H29FN2O4/c1-33-24-10-3-19(4-11-24)27(32)30(22-8-6-21(28)7-9-22)23-13-15-29(16-14-23)18-20-5-12-25(34-2)17-26(20)31/h3-12,17,23,31H,13-16,18H2,1-2H3. The third-order valence-corrected chi connectivity index (χ3v) is 6.27. The van der Waals surface area contributed by atoms with Gasteiger partial charge in [0.05, 0.1) is 14.2 Å². The van der Waals surface area contributed by atoms with Crippen molar-refractivity contribution < 1.29 is 23.8 Å². The summed E-state index contributed by atoms with van der Waals surface area (Å²) in [6.07, 6.45) is 1.52. The van der Waals surface area contributed by atoms with Gasteiger partial charge in [0.2, 0.25) is 0 Å². The number of anilines is 1. The van der Waals surface area contributed by atoms with E-state index in [9.17, 15) is 14.3 Å². The van der Waals surface area contributed by atoms with Crippen LogP contribution in [-0.2, 0) is 6.54 Å². The first kappa shape index (κ1) is 23.6. The summed E-state index contributed by atoms with van der Waals surface area (Å²) >= 11 is 0. The molecule has 0 spiro atoms. The summed E-state index contributed by atoms with van der Waals surface area (Å²) in [7, 11) is 3.15. The Labute approximate surface area is 199 Å². The van der Waals surface area contributed by atoms with Crippen LogP contribution >= 0.6 is 0 Å². The van der Waals surface area contributed by atoms with Crippen LogP contribution in [0.3, 0.4) is 0 Å². The van der Waals surface area contributed by atoms with Gasteiger partial charge >= 0.3 is 0 Å². The highest BCUT2D eigenvalue weighted by Gasteiger charge is 2.30. The van der Waals surface area contributed by atoms with Crippen molar-refractivity contribution in [2.24, 2.45) is 0 Å². The second kappa shape index (κ2) is 10.6. The van der Waals surface area contributed by atoms with Gasteiger partial charge < -0.3 is 19.5 Å². The quantitative estimate of drug-likeness (QED) is 0.541. The van der Waals surface area contributed by atoms with E-state index in [2.05, 4.69) is 4.90 Å². The molecule has 0 saturated carbocycles. The van der Waals surface area contributed by atoms with E-state index in [0.29, 0.717) is 29.3 Å². The largest absolute Gasteiger partial charge is 0.507 e. The number of methoxy groups -OCH3 is 2. The van der Waals surface area contributed by atoms with Crippen LogP contribution in [-0.4, -0.2) is 49.3 Å². The molecule has 0 unspecified atom stereocenters. The van der Waals surface area contributed by atoms with Gasteiger partial charge in [-0.05, 0) is 67.4 Å². The maximum absolute atomic E-state index is 13.6. The highest BCUT2D eigenvalue weighted by atomic mass is 19.1. The summed E-state index contributed by atoms with van der Waals surface area (Å²) in [6, 6.07) is 18.4. The van der Waals surface area contributed by atoms with Crippen molar-refractivity contribution in [3.63, 3.8) is 0 Å². The third kappa shape index (κ3) is 5.31. The molecule has 1 amide bonds. The lowest BCUT2D eigenvalue weighted by Gasteiger charge is -2.38. The molecule has 3 aromatic carbocycles. The van der Waals surface area contributed by atoms with Crippen LogP contribution < -0.4 is 14.4 Å². The minimum atomic E-state index is -0.338. The first-order valence-corrected chi connectivity index (χ1v) is 11.3. The van der Waals surface area contributed by atoms with E-state index in [4.69, 9.17) is 9.47 Å². The topological polar surface area (TPSA) is 62.2 Å². The lowest BCUT2D eigenvalue weighted by atomic mass is 10.00. The van der Waals surface area contributed by atoms with Crippen LogP contribution in [0.1, 0.15) is 28.8 Å². The molecule has 0 atom stereocenters. The molecule has 0 aliphatic carbocycles. The number of phenols is 1. The second-order valence-corrected chi connectivity index (χ2v) is 8.38. The van der Waals surface area contributed by atoms with E-state index < -0.39 is 0 Å². The van der Waals surface area contributed by atoms with E-state index >= 15 is 0 Å². The fourth-order valence-electron chi connectivity index (χ4n) is 4.35. The first-order valence-electron chi connectivity index (χ1n) is 11.3. The van der Waals surface area contributed by atoms with Gasteiger partial charge in [0, 0.05) is 48.6 Å². The van der Waals surface area contributed by atoms with Crippen molar-refractivity contribution in [3.8, 4) is 17.2 Å². The van der Waals surface area contributed by atoms with Crippen LogP contribution in [0.5, 0.6) is 17.2 Å². The van der Waals surface area contributed by atoms with Crippen LogP contribution in [0.25, 0.3) is 0 Å². The minimum absolute atomic E-state index is 0.0271. The van der Waals surface area contributed by atoms with Crippen LogP contribution in [0.15, 0.2) is 66.7 Å². The zero-order valence-corrected chi connectivity index (χ0v) is 19.4. The maximum Gasteiger partial charge on any atom is 0.258 e. The smallest absolute Gasteiger partial charge is 0.258 e. The summed E-state index contributed by atoms with van der Waals surface area (Å²) in [5.41, 5.74) is 2.06. The molecule has 1 fully saturated rings.